The first kappa shape index (κ1) is 21.7. The van der Waals surface area contributed by atoms with Gasteiger partial charge in [-0.05, 0) is 35.4 Å². The molecule has 0 atom stereocenters. The number of nitrogens with zero attached hydrogens (tertiary/aromatic N) is 2. The third-order valence-corrected chi connectivity index (χ3v) is 3.99. The first-order valence-corrected chi connectivity index (χ1v) is 8.93. The van der Waals surface area contributed by atoms with Gasteiger partial charge in [0.1, 0.15) is 12.4 Å². The van der Waals surface area contributed by atoms with E-state index in [2.05, 4.69) is 38.8 Å². The van der Waals surface area contributed by atoms with E-state index >= 15 is 0 Å². The predicted octanol–water partition coefficient (Wildman–Crippen LogP) is 4.14. The molecule has 3 aromatic rings. The number of aromatic nitrogens is 1. The maximum absolute atomic E-state index is 5.89. The van der Waals surface area contributed by atoms with Crippen LogP contribution in [0.1, 0.15) is 16.8 Å². The van der Waals surface area contributed by atoms with E-state index in [0.717, 1.165) is 28.5 Å². The van der Waals surface area contributed by atoms with Crippen molar-refractivity contribution in [2.45, 2.75) is 19.7 Å². The minimum Gasteiger partial charge on any atom is -0.489 e. The molecule has 0 bridgehead atoms. The second kappa shape index (κ2) is 12.0. The molecule has 3 rings (SSSR count). The minimum atomic E-state index is 0. The summed E-state index contributed by atoms with van der Waals surface area (Å²) < 4.78 is 5.89. The molecule has 146 valence electrons. The lowest BCUT2D eigenvalue weighted by molar-refractivity contribution is 0.306. The van der Waals surface area contributed by atoms with Gasteiger partial charge in [0.15, 0.2) is 5.96 Å². The molecule has 6 heteroatoms. The number of hydrogen-bond acceptors (Lipinski definition) is 3. The first-order valence-electron chi connectivity index (χ1n) is 8.93. The van der Waals surface area contributed by atoms with Crippen molar-refractivity contribution in [1.82, 2.24) is 15.6 Å². The van der Waals surface area contributed by atoms with E-state index in [1.807, 2.05) is 54.6 Å². The number of guanidine groups is 1. The topological polar surface area (TPSA) is 58.5 Å². The SMILES string of the molecule is CN=C(NCc1cccc(OCc2ccccc2)c1)NCc1ccccn1.I. The van der Waals surface area contributed by atoms with Crippen LogP contribution in [0.2, 0.25) is 0 Å². The summed E-state index contributed by atoms with van der Waals surface area (Å²) in [5, 5.41) is 6.57. The molecule has 2 aromatic carbocycles. The van der Waals surface area contributed by atoms with Gasteiger partial charge < -0.3 is 15.4 Å². The molecule has 1 aromatic heterocycles. The third kappa shape index (κ3) is 7.19. The van der Waals surface area contributed by atoms with E-state index < -0.39 is 0 Å². The summed E-state index contributed by atoms with van der Waals surface area (Å²) in [5.74, 6) is 1.59. The predicted molar refractivity (Wildman–Crippen MR) is 124 cm³/mol. The van der Waals surface area contributed by atoms with Gasteiger partial charge in [0.05, 0.1) is 12.2 Å². The molecule has 28 heavy (non-hydrogen) atoms. The van der Waals surface area contributed by atoms with Crippen molar-refractivity contribution < 1.29 is 4.74 Å². The highest BCUT2D eigenvalue weighted by Gasteiger charge is 2.02. The van der Waals surface area contributed by atoms with Gasteiger partial charge in [0.2, 0.25) is 0 Å². The molecule has 0 aliphatic rings. The smallest absolute Gasteiger partial charge is 0.191 e. The fourth-order valence-electron chi connectivity index (χ4n) is 2.57. The minimum absolute atomic E-state index is 0. The molecule has 0 unspecified atom stereocenters. The molecule has 0 radical (unpaired) electrons. The molecule has 0 saturated heterocycles. The number of rotatable bonds is 7. The van der Waals surface area contributed by atoms with Crippen LogP contribution in [0.25, 0.3) is 0 Å². The summed E-state index contributed by atoms with van der Waals surface area (Å²) in [7, 11) is 1.76. The van der Waals surface area contributed by atoms with Crippen molar-refractivity contribution in [2.24, 2.45) is 4.99 Å². The Morgan fingerprint density at radius 2 is 1.64 bits per heavy atom. The zero-order valence-corrected chi connectivity index (χ0v) is 18.2. The zero-order valence-electron chi connectivity index (χ0n) is 15.8. The average Bonchev–Trinajstić information content (AvgIpc) is 2.74. The lowest BCUT2D eigenvalue weighted by atomic mass is 10.2. The van der Waals surface area contributed by atoms with E-state index in [0.29, 0.717) is 19.7 Å². The highest BCUT2D eigenvalue weighted by molar-refractivity contribution is 14.0. The van der Waals surface area contributed by atoms with Crippen molar-refractivity contribution in [3.63, 3.8) is 0 Å². The molecule has 2 N–H and O–H groups in total. The normalized spacial score (nSPS) is 10.7. The summed E-state index contributed by atoms with van der Waals surface area (Å²) in [6.07, 6.45) is 1.79. The van der Waals surface area contributed by atoms with E-state index in [9.17, 15) is 0 Å². The number of pyridine rings is 1. The van der Waals surface area contributed by atoms with Crippen LogP contribution >= 0.6 is 24.0 Å². The van der Waals surface area contributed by atoms with Gasteiger partial charge in [-0.15, -0.1) is 24.0 Å². The highest BCUT2D eigenvalue weighted by Crippen LogP contribution is 2.15. The van der Waals surface area contributed by atoms with Crippen molar-refractivity contribution in [3.05, 3.63) is 95.8 Å². The summed E-state index contributed by atoms with van der Waals surface area (Å²) in [5.41, 5.74) is 3.25. The van der Waals surface area contributed by atoms with Crippen molar-refractivity contribution in [2.75, 3.05) is 7.05 Å². The Labute approximate surface area is 183 Å². The van der Waals surface area contributed by atoms with Gasteiger partial charge in [-0.3, -0.25) is 9.98 Å². The fourth-order valence-corrected chi connectivity index (χ4v) is 2.57. The van der Waals surface area contributed by atoms with Crippen molar-refractivity contribution >= 4 is 29.9 Å². The number of aliphatic imine (C=N–C) groups is 1. The van der Waals surface area contributed by atoms with Crippen molar-refractivity contribution in [1.29, 1.82) is 0 Å². The first-order chi connectivity index (χ1) is 13.3. The van der Waals surface area contributed by atoms with Crippen LogP contribution < -0.4 is 15.4 Å². The highest BCUT2D eigenvalue weighted by atomic mass is 127. The quantitative estimate of drug-likeness (QED) is 0.298. The molecule has 1 heterocycles. The van der Waals surface area contributed by atoms with E-state index in [4.69, 9.17) is 4.74 Å². The van der Waals surface area contributed by atoms with Crippen LogP contribution in [-0.2, 0) is 19.7 Å². The summed E-state index contributed by atoms with van der Waals surface area (Å²) >= 11 is 0. The van der Waals surface area contributed by atoms with E-state index in [1.54, 1.807) is 13.2 Å². The number of hydrogen-bond donors (Lipinski definition) is 2. The number of ether oxygens (including phenoxy) is 1. The molecule has 5 nitrogen and oxygen atoms in total. The Kier molecular flexibility index (Phi) is 9.27. The monoisotopic (exact) mass is 488 g/mol. The van der Waals surface area contributed by atoms with Gasteiger partial charge in [-0.2, -0.15) is 0 Å². The lowest BCUT2D eigenvalue weighted by Gasteiger charge is -2.12. The van der Waals surface area contributed by atoms with Crippen LogP contribution in [0, 0.1) is 0 Å². The number of nitrogens with one attached hydrogen (secondary N) is 2. The zero-order chi connectivity index (χ0) is 18.7. The van der Waals surface area contributed by atoms with Gasteiger partial charge in [0, 0.05) is 19.8 Å². The second-order valence-corrected chi connectivity index (χ2v) is 6.02. The average molecular weight is 488 g/mol. The molecule has 0 fully saturated rings. The molecule has 0 amide bonds. The summed E-state index contributed by atoms with van der Waals surface area (Å²) in [6, 6.07) is 24.1. The maximum Gasteiger partial charge on any atom is 0.191 e. The summed E-state index contributed by atoms with van der Waals surface area (Å²) in [6.45, 7) is 1.84. The van der Waals surface area contributed by atoms with Gasteiger partial charge in [-0.25, -0.2) is 0 Å². The second-order valence-electron chi connectivity index (χ2n) is 6.02. The maximum atomic E-state index is 5.89. The van der Waals surface area contributed by atoms with E-state index in [1.165, 1.54) is 0 Å². The van der Waals surface area contributed by atoms with Crippen LogP contribution in [0.5, 0.6) is 5.75 Å². The Morgan fingerprint density at radius 1 is 0.893 bits per heavy atom. The molecule has 0 aliphatic heterocycles. The fraction of sp³-hybridized carbons (Fsp3) is 0.182. The number of benzene rings is 2. The third-order valence-electron chi connectivity index (χ3n) is 3.99. The number of halogens is 1. The van der Waals surface area contributed by atoms with Gasteiger partial charge >= 0.3 is 0 Å². The van der Waals surface area contributed by atoms with Crippen LogP contribution in [0.15, 0.2) is 84.0 Å². The van der Waals surface area contributed by atoms with Crippen LogP contribution in [-0.4, -0.2) is 18.0 Å². The molecular formula is C22H25IN4O. The van der Waals surface area contributed by atoms with Crippen molar-refractivity contribution in [3.8, 4) is 5.75 Å². The molecule has 0 spiro atoms. The molecule has 0 aliphatic carbocycles. The van der Waals surface area contributed by atoms with E-state index in [-0.39, 0.29) is 24.0 Å². The van der Waals surface area contributed by atoms with Gasteiger partial charge in [0.25, 0.3) is 0 Å². The largest absolute Gasteiger partial charge is 0.489 e. The van der Waals surface area contributed by atoms with Crippen LogP contribution in [0.4, 0.5) is 0 Å². The standard InChI is InChI=1S/C22H24N4O.HI/c1-23-22(26-16-20-11-5-6-13-24-20)25-15-19-10-7-12-21(14-19)27-17-18-8-3-2-4-9-18;/h2-14H,15-17H2,1H3,(H2,23,25,26);1H. The van der Waals surface area contributed by atoms with Crippen LogP contribution in [0.3, 0.4) is 0 Å². The Bertz CT molecular complexity index is 857. The molecule has 0 saturated carbocycles. The Hall–Kier alpha value is -2.61. The molecular weight excluding hydrogens is 463 g/mol. The summed E-state index contributed by atoms with van der Waals surface area (Å²) in [4.78, 5) is 8.55. The Morgan fingerprint density at radius 3 is 2.39 bits per heavy atom. The van der Waals surface area contributed by atoms with Gasteiger partial charge in [-0.1, -0.05) is 48.5 Å². The Balaban J connectivity index is 0.00000280. The lowest BCUT2D eigenvalue weighted by Crippen LogP contribution is -2.36.